The molecule has 0 amide bonds. The maximum absolute atomic E-state index is 8.32. The Morgan fingerprint density at radius 2 is 2.33 bits per heavy atom. The Morgan fingerprint density at radius 3 is 2.93 bits per heavy atom. The van der Waals surface area contributed by atoms with Gasteiger partial charge in [0, 0.05) is 5.02 Å². The number of nitrogens with two attached hydrogens (primary N) is 1. The van der Waals surface area contributed by atoms with E-state index in [-0.39, 0.29) is 12.4 Å². The summed E-state index contributed by atoms with van der Waals surface area (Å²) < 4.78 is 5.28. The third-order valence-corrected chi connectivity index (χ3v) is 2.28. The molecule has 0 fully saturated rings. The number of nitrogens with zero attached hydrogens (tertiary/aromatic N) is 1. The molecule has 5 heteroatoms. The van der Waals surface area contributed by atoms with Crippen LogP contribution in [0.4, 0.5) is 0 Å². The van der Waals surface area contributed by atoms with E-state index in [4.69, 9.17) is 27.3 Å². The molecule has 0 heterocycles. The highest BCUT2D eigenvalue weighted by atomic mass is 35.5. The third kappa shape index (κ3) is 3.32. The van der Waals surface area contributed by atoms with Crippen LogP contribution in [0, 0.1) is 0 Å². The van der Waals surface area contributed by atoms with Crippen LogP contribution in [0.1, 0.15) is 12.5 Å². The molecule has 0 radical (unpaired) electrons. The molecular formula is C10H13ClN2O2. The SMILES string of the molecule is CCc1cc(OC/C(N)=N/O)ccc1Cl. The minimum atomic E-state index is 0.0306. The van der Waals surface area contributed by atoms with Crippen molar-refractivity contribution in [2.75, 3.05) is 6.61 Å². The number of halogens is 1. The fourth-order valence-corrected chi connectivity index (χ4v) is 1.35. The number of hydrogen-bond donors (Lipinski definition) is 2. The Kier molecular flexibility index (Phi) is 4.24. The fourth-order valence-electron chi connectivity index (χ4n) is 1.10. The number of ether oxygens (including phenoxy) is 1. The largest absolute Gasteiger partial charge is 0.486 e. The van der Waals surface area contributed by atoms with Crippen molar-refractivity contribution in [3.8, 4) is 5.75 Å². The van der Waals surface area contributed by atoms with E-state index < -0.39 is 0 Å². The summed E-state index contributed by atoms with van der Waals surface area (Å²) in [5, 5.41) is 11.8. The van der Waals surface area contributed by atoms with Crippen LogP contribution >= 0.6 is 11.6 Å². The molecule has 1 rings (SSSR count). The first-order chi connectivity index (χ1) is 7.17. The molecule has 4 nitrogen and oxygen atoms in total. The van der Waals surface area contributed by atoms with Gasteiger partial charge < -0.3 is 15.7 Å². The normalized spacial score (nSPS) is 11.5. The van der Waals surface area contributed by atoms with Crippen LogP contribution in [0.5, 0.6) is 5.75 Å². The van der Waals surface area contributed by atoms with Crippen LogP contribution in [0.2, 0.25) is 5.02 Å². The van der Waals surface area contributed by atoms with Gasteiger partial charge in [0.2, 0.25) is 0 Å². The topological polar surface area (TPSA) is 67.8 Å². The van der Waals surface area contributed by atoms with E-state index in [1.165, 1.54) is 0 Å². The van der Waals surface area contributed by atoms with Gasteiger partial charge in [0.05, 0.1) is 0 Å². The second-order valence-corrected chi connectivity index (χ2v) is 3.39. The first kappa shape index (κ1) is 11.7. The molecule has 3 N–H and O–H groups in total. The lowest BCUT2D eigenvalue weighted by atomic mass is 10.1. The van der Waals surface area contributed by atoms with Crippen LogP contribution < -0.4 is 10.5 Å². The summed E-state index contributed by atoms with van der Waals surface area (Å²) in [7, 11) is 0. The van der Waals surface area contributed by atoms with Gasteiger partial charge in [-0.3, -0.25) is 0 Å². The van der Waals surface area contributed by atoms with E-state index >= 15 is 0 Å². The van der Waals surface area contributed by atoms with E-state index in [1.54, 1.807) is 12.1 Å². The molecule has 82 valence electrons. The standard InChI is InChI=1S/C10H13ClN2O2/c1-2-7-5-8(3-4-9(7)11)15-6-10(12)13-14/h3-5,14H,2,6H2,1H3,(H2,12,13). The van der Waals surface area contributed by atoms with Gasteiger partial charge in [-0.25, -0.2) is 0 Å². The number of oxime groups is 1. The summed E-state index contributed by atoms with van der Waals surface area (Å²) in [6, 6.07) is 5.35. The van der Waals surface area contributed by atoms with Crippen molar-refractivity contribution in [1.29, 1.82) is 0 Å². The summed E-state index contributed by atoms with van der Waals surface area (Å²) in [6.07, 6.45) is 0.833. The van der Waals surface area contributed by atoms with E-state index in [1.807, 2.05) is 13.0 Å². The molecular weight excluding hydrogens is 216 g/mol. The Balaban J connectivity index is 2.70. The van der Waals surface area contributed by atoms with E-state index in [9.17, 15) is 0 Å². The van der Waals surface area contributed by atoms with Crippen molar-refractivity contribution in [2.45, 2.75) is 13.3 Å². The average molecular weight is 229 g/mol. The molecule has 0 spiro atoms. The van der Waals surface area contributed by atoms with Gasteiger partial charge in [-0.2, -0.15) is 0 Å². The lowest BCUT2D eigenvalue weighted by Gasteiger charge is -2.07. The van der Waals surface area contributed by atoms with Crippen molar-refractivity contribution in [3.63, 3.8) is 0 Å². The van der Waals surface area contributed by atoms with E-state index in [0.717, 1.165) is 12.0 Å². The molecule has 0 aliphatic rings. The summed E-state index contributed by atoms with van der Waals surface area (Å²) in [5.41, 5.74) is 6.28. The van der Waals surface area contributed by atoms with E-state index in [2.05, 4.69) is 5.16 Å². The molecule has 0 aliphatic carbocycles. The average Bonchev–Trinajstić information content (AvgIpc) is 2.27. The number of aryl methyl sites for hydroxylation is 1. The molecule has 1 aromatic rings. The van der Waals surface area contributed by atoms with Gasteiger partial charge in [-0.15, -0.1) is 0 Å². The van der Waals surface area contributed by atoms with Crippen molar-refractivity contribution in [2.24, 2.45) is 10.9 Å². The minimum absolute atomic E-state index is 0.0306. The van der Waals surface area contributed by atoms with Crippen LogP contribution in [0.15, 0.2) is 23.4 Å². The maximum atomic E-state index is 8.32. The van der Waals surface area contributed by atoms with Gasteiger partial charge in [-0.1, -0.05) is 23.7 Å². The van der Waals surface area contributed by atoms with Gasteiger partial charge in [0.1, 0.15) is 12.4 Å². The second kappa shape index (κ2) is 5.46. The predicted molar refractivity (Wildman–Crippen MR) is 59.7 cm³/mol. The Labute approximate surface area is 93.3 Å². The summed E-state index contributed by atoms with van der Waals surface area (Å²) in [5.74, 6) is 0.686. The van der Waals surface area contributed by atoms with Crippen molar-refractivity contribution < 1.29 is 9.94 Å². The highest BCUT2D eigenvalue weighted by molar-refractivity contribution is 6.31. The Morgan fingerprint density at radius 1 is 1.60 bits per heavy atom. The summed E-state index contributed by atoms with van der Waals surface area (Å²) in [6.45, 7) is 2.07. The fraction of sp³-hybridized carbons (Fsp3) is 0.300. The highest BCUT2D eigenvalue weighted by Gasteiger charge is 2.01. The molecule has 0 atom stereocenters. The molecule has 15 heavy (non-hydrogen) atoms. The lowest BCUT2D eigenvalue weighted by Crippen LogP contribution is -2.20. The van der Waals surface area contributed by atoms with Gasteiger partial charge >= 0.3 is 0 Å². The molecule has 0 saturated heterocycles. The first-order valence-electron chi connectivity index (χ1n) is 4.55. The summed E-state index contributed by atoms with van der Waals surface area (Å²) >= 11 is 5.94. The number of amidine groups is 1. The molecule has 1 aromatic carbocycles. The van der Waals surface area contributed by atoms with Crippen LogP contribution in [-0.2, 0) is 6.42 Å². The lowest BCUT2D eigenvalue weighted by molar-refractivity contribution is 0.306. The first-order valence-corrected chi connectivity index (χ1v) is 4.92. The van der Waals surface area contributed by atoms with Gasteiger partial charge in [-0.05, 0) is 30.2 Å². The predicted octanol–water partition coefficient (Wildman–Crippen LogP) is 2.03. The zero-order valence-electron chi connectivity index (χ0n) is 8.40. The van der Waals surface area contributed by atoms with E-state index in [0.29, 0.717) is 10.8 Å². The molecule has 0 saturated carbocycles. The monoisotopic (exact) mass is 228 g/mol. The highest BCUT2D eigenvalue weighted by Crippen LogP contribution is 2.22. The van der Waals surface area contributed by atoms with Crippen molar-refractivity contribution in [1.82, 2.24) is 0 Å². The van der Waals surface area contributed by atoms with Crippen LogP contribution in [0.3, 0.4) is 0 Å². The summed E-state index contributed by atoms with van der Waals surface area (Å²) in [4.78, 5) is 0. The van der Waals surface area contributed by atoms with Gasteiger partial charge in [0.25, 0.3) is 0 Å². The Bertz CT molecular complexity index is 366. The van der Waals surface area contributed by atoms with Crippen molar-refractivity contribution in [3.05, 3.63) is 28.8 Å². The second-order valence-electron chi connectivity index (χ2n) is 2.99. The molecule has 0 aliphatic heterocycles. The molecule has 0 aromatic heterocycles. The van der Waals surface area contributed by atoms with Crippen LogP contribution in [0.25, 0.3) is 0 Å². The van der Waals surface area contributed by atoms with Gasteiger partial charge in [0.15, 0.2) is 5.84 Å². The molecule has 0 unspecified atom stereocenters. The van der Waals surface area contributed by atoms with Crippen molar-refractivity contribution >= 4 is 17.4 Å². The maximum Gasteiger partial charge on any atom is 0.177 e. The number of hydrogen-bond acceptors (Lipinski definition) is 3. The quantitative estimate of drug-likeness (QED) is 0.359. The zero-order valence-corrected chi connectivity index (χ0v) is 9.16. The molecule has 0 bridgehead atoms. The minimum Gasteiger partial charge on any atom is -0.486 e. The smallest absolute Gasteiger partial charge is 0.177 e. The van der Waals surface area contributed by atoms with Crippen LogP contribution in [-0.4, -0.2) is 17.6 Å². The Hall–Kier alpha value is -1.42. The zero-order chi connectivity index (χ0) is 11.3. The number of rotatable bonds is 4. The number of benzene rings is 1. The third-order valence-electron chi connectivity index (χ3n) is 1.91.